The predicted octanol–water partition coefficient (Wildman–Crippen LogP) is 1.41. The molecule has 21 heavy (non-hydrogen) atoms. The van der Waals surface area contributed by atoms with Gasteiger partial charge in [0.05, 0.1) is 6.61 Å². The second-order valence-corrected chi connectivity index (χ2v) is 6.52. The van der Waals surface area contributed by atoms with Gasteiger partial charge in [0.2, 0.25) is 11.8 Å². The highest BCUT2D eigenvalue weighted by Crippen LogP contribution is 2.29. The molecule has 3 aliphatic rings. The maximum atomic E-state index is 12.7. The fourth-order valence-electron chi connectivity index (χ4n) is 3.48. The first-order valence-corrected chi connectivity index (χ1v) is 8.41. The van der Waals surface area contributed by atoms with E-state index in [0.717, 1.165) is 38.3 Å². The number of carbonyl (C=O) groups is 2. The molecular weight excluding hydrogens is 268 g/mol. The SMILES string of the molecule is CCC1C(=O)N2CCCCC2C(=O)N1CCOCC1CC1. The topological polar surface area (TPSA) is 49.9 Å². The summed E-state index contributed by atoms with van der Waals surface area (Å²) >= 11 is 0. The van der Waals surface area contributed by atoms with E-state index >= 15 is 0 Å². The molecule has 2 amide bonds. The Morgan fingerprint density at radius 3 is 2.67 bits per heavy atom. The molecule has 1 saturated carbocycles. The van der Waals surface area contributed by atoms with Crippen LogP contribution in [-0.2, 0) is 14.3 Å². The first-order chi connectivity index (χ1) is 10.2. The van der Waals surface area contributed by atoms with Gasteiger partial charge in [0, 0.05) is 19.7 Å². The molecule has 1 aliphatic carbocycles. The van der Waals surface area contributed by atoms with Crippen molar-refractivity contribution < 1.29 is 14.3 Å². The third-order valence-electron chi connectivity index (χ3n) is 4.93. The second kappa shape index (κ2) is 6.34. The van der Waals surface area contributed by atoms with Gasteiger partial charge in [0.25, 0.3) is 0 Å². The van der Waals surface area contributed by atoms with Crippen LogP contribution in [0.4, 0.5) is 0 Å². The monoisotopic (exact) mass is 294 g/mol. The van der Waals surface area contributed by atoms with Crippen molar-refractivity contribution in [3.8, 4) is 0 Å². The van der Waals surface area contributed by atoms with E-state index in [4.69, 9.17) is 4.74 Å². The number of rotatable bonds is 6. The number of hydrogen-bond acceptors (Lipinski definition) is 3. The summed E-state index contributed by atoms with van der Waals surface area (Å²) < 4.78 is 5.65. The van der Waals surface area contributed by atoms with Gasteiger partial charge in [-0.3, -0.25) is 9.59 Å². The summed E-state index contributed by atoms with van der Waals surface area (Å²) in [6.45, 7) is 4.65. The van der Waals surface area contributed by atoms with Crippen LogP contribution in [0.15, 0.2) is 0 Å². The van der Waals surface area contributed by atoms with Gasteiger partial charge in [0.1, 0.15) is 12.1 Å². The van der Waals surface area contributed by atoms with E-state index in [-0.39, 0.29) is 23.9 Å². The van der Waals surface area contributed by atoms with Crippen molar-refractivity contribution in [1.82, 2.24) is 9.80 Å². The van der Waals surface area contributed by atoms with Crippen molar-refractivity contribution in [2.45, 2.75) is 57.5 Å². The summed E-state index contributed by atoms with van der Waals surface area (Å²) in [6, 6.07) is -0.492. The molecule has 2 unspecified atom stereocenters. The largest absolute Gasteiger partial charge is 0.379 e. The molecule has 2 atom stereocenters. The molecule has 0 N–H and O–H groups in total. The predicted molar refractivity (Wildman–Crippen MR) is 78.7 cm³/mol. The molecule has 0 spiro atoms. The summed E-state index contributed by atoms with van der Waals surface area (Å²) in [6.07, 6.45) is 6.13. The number of fused-ring (bicyclic) bond motifs is 1. The van der Waals surface area contributed by atoms with Gasteiger partial charge >= 0.3 is 0 Å². The van der Waals surface area contributed by atoms with Crippen LogP contribution in [0.5, 0.6) is 0 Å². The van der Waals surface area contributed by atoms with Crippen LogP contribution in [-0.4, -0.2) is 60.0 Å². The first kappa shape index (κ1) is 14.8. The molecule has 0 aromatic rings. The lowest BCUT2D eigenvalue weighted by Crippen LogP contribution is -2.66. The number of carbonyl (C=O) groups excluding carboxylic acids is 2. The normalized spacial score (nSPS) is 29.8. The molecular formula is C16H26N2O3. The molecule has 5 heteroatoms. The third-order valence-corrected chi connectivity index (χ3v) is 4.93. The minimum absolute atomic E-state index is 0.135. The summed E-state index contributed by atoms with van der Waals surface area (Å²) in [7, 11) is 0. The first-order valence-electron chi connectivity index (χ1n) is 8.41. The van der Waals surface area contributed by atoms with Crippen molar-refractivity contribution in [2.24, 2.45) is 5.92 Å². The smallest absolute Gasteiger partial charge is 0.246 e. The minimum atomic E-state index is -0.281. The standard InChI is InChI=1S/C16H26N2O3/c1-2-13-15(19)17-8-4-3-5-14(17)16(20)18(13)9-10-21-11-12-6-7-12/h12-14H,2-11H2,1H3. The maximum Gasteiger partial charge on any atom is 0.246 e. The fraction of sp³-hybridized carbons (Fsp3) is 0.875. The van der Waals surface area contributed by atoms with Gasteiger partial charge in [-0.1, -0.05) is 6.92 Å². The quantitative estimate of drug-likeness (QED) is 0.696. The third kappa shape index (κ3) is 3.07. The Kier molecular flexibility index (Phi) is 4.48. The molecule has 5 nitrogen and oxygen atoms in total. The zero-order valence-corrected chi connectivity index (χ0v) is 12.9. The van der Waals surface area contributed by atoms with Crippen molar-refractivity contribution in [2.75, 3.05) is 26.3 Å². The summed E-state index contributed by atoms with van der Waals surface area (Å²) in [5.74, 6) is 1.01. The average Bonchev–Trinajstić information content (AvgIpc) is 3.32. The van der Waals surface area contributed by atoms with E-state index in [1.54, 1.807) is 4.90 Å². The Labute approximate surface area is 126 Å². The van der Waals surface area contributed by atoms with E-state index in [1.165, 1.54) is 12.8 Å². The van der Waals surface area contributed by atoms with E-state index < -0.39 is 0 Å². The maximum absolute atomic E-state index is 12.7. The minimum Gasteiger partial charge on any atom is -0.379 e. The molecule has 2 aliphatic heterocycles. The molecule has 118 valence electrons. The van der Waals surface area contributed by atoms with Gasteiger partial charge < -0.3 is 14.5 Å². The van der Waals surface area contributed by atoms with Gasteiger partial charge in [0.15, 0.2) is 0 Å². The molecule has 0 aromatic heterocycles. The number of amides is 2. The second-order valence-electron chi connectivity index (χ2n) is 6.52. The Bertz CT molecular complexity index is 408. The molecule has 0 aromatic carbocycles. The van der Waals surface area contributed by atoms with Crippen molar-refractivity contribution in [1.29, 1.82) is 0 Å². The number of hydrogen-bond donors (Lipinski definition) is 0. The number of piperazine rings is 1. The van der Waals surface area contributed by atoms with Crippen LogP contribution in [0.1, 0.15) is 45.4 Å². The van der Waals surface area contributed by atoms with Gasteiger partial charge in [-0.05, 0) is 44.4 Å². The van der Waals surface area contributed by atoms with Gasteiger partial charge in [-0.2, -0.15) is 0 Å². The van der Waals surface area contributed by atoms with E-state index in [1.807, 2.05) is 11.8 Å². The summed E-state index contributed by atoms with van der Waals surface area (Å²) in [4.78, 5) is 28.9. The van der Waals surface area contributed by atoms with Crippen LogP contribution in [0.3, 0.4) is 0 Å². The van der Waals surface area contributed by atoms with E-state index in [0.29, 0.717) is 19.6 Å². The highest BCUT2D eigenvalue weighted by atomic mass is 16.5. The lowest BCUT2D eigenvalue weighted by Gasteiger charge is -2.46. The average molecular weight is 294 g/mol. The van der Waals surface area contributed by atoms with E-state index in [9.17, 15) is 9.59 Å². The van der Waals surface area contributed by atoms with Crippen LogP contribution in [0.2, 0.25) is 0 Å². The Balaban J connectivity index is 1.61. The molecule has 3 rings (SSSR count). The Morgan fingerprint density at radius 2 is 1.95 bits per heavy atom. The van der Waals surface area contributed by atoms with Crippen molar-refractivity contribution >= 4 is 11.8 Å². The van der Waals surface area contributed by atoms with Crippen LogP contribution in [0, 0.1) is 5.92 Å². The Hall–Kier alpha value is -1.10. The van der Waals surface area contributed by atoms with Gasteiger partial charge in [-0.25, -0.2) is 0 Å². The number of nitrogens with zero attached hydrogens (tertiary/aromatic N) is 2. The van der Waals surface area contributed by atoms with Gasteiger partial charge in [-0.15, -0.1) is 0 Å². The van der Waals surface area contributed by atoms with Crippen LogP contribution in [0.25, 0.3) is 0 Å². The zero-order chi connectivity index (χ0) is 14.8. The summed E-state index contributed by atoms with van der Waals surface area (Å²) in [5.41, 5.74) is 0. The summed E-state index contributed by atoms with van der Waals surface area (Å²) in [5, 5.41) is 0. The Morgan fingerprint density at radius 1 is 1.14 bits per heavy atom. The van der Waals surface area contributed by atoms with Crippen LogP contribution < -0.4 is 0 Å². The van der Waals surface area contributed by atoms with Crippen LogP contribution >= 0.6 is 0 Å². The zero-order valence-electron chi connectivity index (χ0n) is 12.9. The molecule has 0 bridgehead atoms. The van der Waals surface area contributed by atoms with E-state index in [2.05, 4.69) is 0 Å². The molecule has 3 fully saturated rings. The highest BCUT2D eigenvalue weighted by Gasteiger charge is 2.45. The highest BCUT2D eigenvalue weighted by molar-refractivity contribution is 5.97. The fourth-order valence-corrected chi connectivity index (χ4v) is 3.48. The lowest BCUT2D eigenvalue weighted by atomic mass is 9.94. The molecule has 0 radical (unpaired) electrons. The van der Waals surface area contributed by atoms with Crippen molar-refractivity contribution in [3.63, 3.8) is 0 Å². The molecule has 2 saturated heterocycles. The number of piperidine rings is 1. The molecule has 2 heterocycles. The lowest BCUT2D eigenvalue weighted by molar-refractivity contribution is -0.164. The van der Waals surface area contributed by atoms with Crippen molar-refractivity contribution in [3.05, 3.63) is 0 Å². The number of ether oxygens (including phenoxy) is 1.